The molecule has 222 valence electrons. The molecule has 1 aromatic heterocycles. The Labute approximate surface area is 233 Å². The molecule has 1 aromatic carbocycles. The van der Waals surface area contributed by atoms with Crippen molar-refractivity contribution in [2.24, 2.45) is 0 Å². The van der Waals surface area contributed by atoms with Gasteiger partial charge in [0.05, 0.1) is 40.7 Å². The first kappa shape index (κ1) is 31.8. The lowest BCUT2D eigenvalue weighted by atomic mass is 9.88. The summed E-state index contributed by atoms with van der Waals surface area (Å²) in [5.74, 6) is -0.284. The molecule has 0 aliphatic carbocycles. The standard InChI is InChI=1S/C27H35F3N2O7S/c1-24(2,3)40(36)32-25(4)15-39-22-17(25)14-21(31-23(22)27(28,29)30)26(5,35)10-9-18(34)16-7-8-19(38-12-11-33)20(13-16)37-6/h7-8,13-14,32-33,35H,9-12,15H2,1-6H3. The topological polar surface area (TPSA) is 127 Å². The zero-order valence-corrected chi connectivity index (χ0v) is 24.1. The van der Waals surface area contributed by atoms with Crippen molar-refractivity contribution in [3.63, 3.8) is 0 Å². The van der Waals surface area contributed by atoms with Crippen molar-refractivity contribution in [2.45, 2.75) is 69.5 Å². The van der Waals surface area contributed by atoms with Crippen LogP contribution in [0.5, 0.6) is 17.2 Å². The van der Waals surface area contributed by atoms with Gasteiger partial charge in [-0.3, -0.25) is 4.79 Å². The highest BCUT2D eigenvalue weighted by Gasteiger charge is 2.48. The number of rotatable bonds is 11. The number of fused-ring (bicyclic) bond motifs is 1. The SMILES string of the molecule is COc1cc(C(=O)CCC(C)(O)c2cc3c(c(C(F)(F)F)n2)OCC3(C)NS(=O)C(C)(C)C)ccc1OCCO. The summed E-state index contributed by atoms with van der Waals surface area (Å²) in [5, 5.41) is 20.2. The third-order valence-electron chi connectivity index (χ3n) is 6.44. The number of nitrogens with zero attached hydrogens (tertiary/aromatic N) is 1. The fraction of sp³-hybridized carbons (Fsp3) is 0.556. The molecule has 3 atom stereocenters. The molecule has 3 rings (SSSR count). The first-order valence-electron chi connectivity index (χ1n) is 12.6. The fourth-order valence-electron chi connectivity index (χ4n) is 4.04. The van der Waals surface area contributed by atoms with Crippen molar-refractivity contribution in [1.82, 2.24) is 9.71 Å². The highest BCUT2D eigenvalue weighted by atomic mass is 32.2. The van der Waals surface area contributed by atoms with Gasteiger partial charge in [-0.15, -0.1) is 0 Å². The zero-order valence-electron chi connectivity index (χ0n) is 23.3. The average molecular weight is 589 g/mol. The van der Waals surface area contributed by atoms with Gasteiger partial charge < -0.3 is 24.4 Å². The van der Waals surface area contributed by atoms with Gasteiger partial charge in [-0.05, 0) is 65.3 Å². The number of aliphatic hydroxyl groups excluding tert-OH is 1. The highest BCUT2D eigenvalue weighted by Crippen LogP contribution is 2.47. The lowest BCUT2D eigenvalue weighted by Crippen LogP contribution is -2.47. The molecule has 1 aliphatic rings. The minimum atomic E-state index is -4.89. The Hall–Kier alpha value is -2.74. The van der Waals surface area contributed by atoms with Crippen molar-refractivity contribution in [1.29, 1.82) is 0 Å². The number of alkyl halides is 3. The average Bonchev–Trinajstić information content (AvgIpc) is 3.20. The summed E-state index contributed by atoms with van der Waals surface area (Å²) in [4.78, 5) is 16.7. The number of carbonyl (C=O) groups excluding carboxylic acids is 1. The van der Waals surface area contributed by atoms with E-state index < -0.39 is 44.5 Å². The molecular formula is C27H35F3N2O7S. The smallest absolute Gasteiger partial charge is 0.437 e. The van der Waals surface area contributed by atoms with Crippen LogP contribution in [0.1, 0.15) is 74.8 Å². The summed E-state index contributed by atoms with van der Waals surface area (Å²) in [6, 6.07) is 5.76. The number of halogens is 3. The summed E-state index contributed by atoms with van der Waals surface area (Å²) in [7, 11) is -0.247. The number of hydrogen-bond acceptors (Lipinski definition) is 8. The summed E-state index contributed by atoms with van der Waals surface area (Å²) in [5.41, 5.74) is -4.47. The highest BCUT2D eigenvalue weighted by molar-refractivity contribution is 7.84. The van der Waals surface area contributed by atoms with Crippen LogP contribution in [-0.2, 0) is 28.3 Å². The summed E-state index contributed by atoms with van der Waals surface area (Å²) in [6.45, 7) is 7.64. The minimum Gasteiger partial charge on any atom is -0.493 e. The zero-order chi connectivity index (χ0) is 30.1. The number of ether oxygens (including phenoxy) is 3. The van der Waals surface area contributed by atoms with E-state index in [9.17, 15) is 27.3 Å². The maximum atomic E-state index is 14.0. The molecule has 2 aromatic rings. The number of benzene rings is 1. The van der Waals surface area contributed by atoms with Gasteiger partial charge in [-0.25, -0.2) is 13.9 Å². The van der Waals surface area contributed by atoms with Gasteiger partial charge in [-0.2, -0.15) is 13.2 Å². The van der Waals surface area contributed by atoms with E-state index in [0.717, 1.165) is 0 Å². The lowest BCUT2D eigenvalue weighted by molar-refractivity contribution is -0.142. The largest absolute Gasteiger partial charge is 0.493 e. The van der Waals surface area contributed by atoms with Gasteiger partial charge in [0.2, 0.25) is 0 Å². The van der Waals surface area contributed by atoms with Gasteiger partial charge >= 0.3 is 6.18 Å². The molecule has 0 saturated carbocycles. The van der Waals surface area contributed by atoms with Crippen molar-refractivity contribution >= 4 is 16.8 Å². The molecular weight excluding hydrogens is 553 g/mol. The lowest BCUT2D eigenvalue weighted by Gasteiger charge is -2.30. The molecule has 0 radical (unpaired) electrons. The van der Waals surface area contributed by atoms with Crippen LogP contribution in [-0.4, -0.2) is 56.9 Å². The normalized spacial score (nSPS) is 19.4. The number of ketones is 1. The van der Waals surface area contributed by atoms with E-state index in [4.69, 9.17) is 19.3 Å². The van der Waals surface area contributed by atoms with Crippen molar-refractivity contribution in [2.75, 3.05) is 26.9 Å². The van der Waals surface area contributed by atoms with Gasteiger partial charge in [0, 0.05) is 17.5 Å². The Kier molecular flexibility index (Phi) is 9.24. The summed E-state index contributed by atoms with van der Waals surface area (Å²) in [6.07, 6.45) is -5.34. The van der Waals surface area contributed by atoms with Crippen LogP contribution in [0, 0.1) is 0 Å². The number of aliphatic hydroxyl groups is 2. The molecule has 0 bridgehead atoms. The summed E-state index contributed by atoms with van der Waals surface area (Å²) >= 11 is 0. The monoisotopic (exact) mass is 588 g/mol. The summed E-state index contributed by atoms with van der Waals surface area (Å²) < 4.78 is 73.1. The molecule has 13 heteroatoms. The van der Waals surface area contributed by atoms with Crippen LogP contribution >= 0.6 is 0 Å². The van der Waals surface area contributed by atoms with Crippen LogP contribution < -0.4 is 18.9 Å². The Balaban J connectivity index is 1.91. The van der Waals surface area contributed by atoms with Crippen molar-refractivity contribution in [3.05, 3.63) is 46.8 Å². The molecule has 2 heterocycles. The van der Waals surface area contributed by atoms with Crippen LogP contribution in [0.4, 0.5) is 13.2 Å². The van der Waals surface area contributed by atoms with E-state index in [1.165, 1.54) is 38.3 Å². The van der Waals surface area contributed by atoms with E-state index in [2.05, 4.69) is 9.71 Å². The number of hydrogen-bond donors (Lipinski definition) is 3. The number of aromatic nitrogens is 1. The quantitative estimate of drug-likeness (QED) is 0.336. The van der Waals surface area contributed by atoms with E-state index in [0.29, 0.717) is 5.75 Å². The maximum absolute atomic E-state index is 14.0. The number of carbonyl (C=O) groups is 1. The molecule has 0 spiro atoms. The number of Topliss-reactive ketones (excluding diaryl/α,β-unsaturated/α-hetero) is 1. The van der Waals surface area contributed by atoms with Gasteiger partial charge in [0.25, 0.3) is 0 Å². The third-order valence-corrected chi connectivity index (χ3v) is 8.19. The van der Waals surface area contributed by atoms with E-state index >= 15 is 0 Å². The first-order valence-corrected chi connectivity index (χ1v) is 13.7. The van der Waals surface area contributed by atoms with Gasteiger partial charge in [0.1, 0.15) is 18.8 Å². The van der Waals surface area contributed by atoms with Crippen LogP contribution in [0.2, 0.25) is 0 Å². The number of nitrogens with one attached hydrogen (secondary N) is 1. The number of pyridine rings is 1. The van der Waals surface area contributed by atoms with Gasteiger partial charge in [-0.1, -0.05) is 0 Å². The predicted octanol–water partition coefficient (Wildman–Crippen LogP) is 4.01. The van der Waals surface area contributed by atoms with Gasteiger partial charge in [0.15, 0.2) is 28.7 Å². The Bertz CT molecular complexity index is 1280. The molecule has 40 heavy (non-hydrogen) atoms. The Morgan fingerprint density at radius 2 is 1.88 bits per heavy atom. The third kappa shape index (κ3) is 6.93. The fourth-order valence-corrected chi connectivity index (χ4v) is 4.92. The van der Waals surface area contributed by atoms with Crippen LogP contribution in [0.15, 0.2) is 24.3 Å². The van der Waals surface area contributed by atoms with E-state index in [1.807, 2.05) is 0 Å². The van der Waals surface area contributed by atoms with Crippen molar-refractivity contribution in [3.8, 4) is 17.2 Å². The predicted molar refractivity (Wildman–Crippen MR) is 142 cm³/mol. The van der Waals surface area contributed by atoms with Crippen LogP contribution in [0.25, 0.3) is 0 Å². The second kappa shape index (κ2) is 11.6. The molecule has 9 nitrogen and oxygen atoms in total. The van der Waals surface area contributed by atoms with Crippen LogP contribution in [0.3, 0.4) is 0 Å². The molecule has 0 amide bonds. The Morgan fingerprint density at radius 3 is 2.45 bits per heavy atom. The molecule has 3 N–H and O–H groups in total. The molecule has 0 fully saturated rings. The second-order valence-electron chi connectivity index (χ2n) is 11.0. The molecule has 0 saturated heterocycles. The maximum Gasteiger partial charge on any atom is 0.437 e. The first-order chi connectivity index (χ1) is 18.4. The Morgan fingerprint density at radius 1 is 1.20 bits per heavy atom. The van der Waals surface area contributed by atoms with E-state index in [1.54, 1.807) is 27.7 Å². The van der Waals surface area contributed by atoms with E-state index in [-0.39, 0.29) is 61.0 Å². The minimum absolute atomic E-state index is 0.0337. The second-order valence-corrected chi connectivity index (χ2v) is 12.9. The van der Waals surface area contributed by atoms with Crippen molar-refractivity contribution < 1.29 is 46.6 Å². The number of methoxy groups -OCH3 is 1. The molecule has 3 unspecified atom stereocenters. The molecule has 1 aliphatic heterocycles.